The first-order valence-electron chi connectivity index (χ1n) is 8.40. The summed E-state index contributed by atoms with van der Waals surface area (Å²) in [6, 6.07) is 4.31. The quantitative estimate of drug-likeness (QED) is 0.788. The van der Waals surface area contributed by atoms with E-state index in [1.807, 2.05) is 20.8 Å². The topological polar surface area (TPSA) is 53.4 Å². The zero-order chi connectivity index (χ0) is 18.9. The second-order valence-corrected chi connectivity index (χ2v) is 7.49. The molecule has 5 nitrogen and oxygen atoms in total. The van der Waals surface area contributed by atoms with E-state index in [2.05, 4.69) is 32.9 Å². The average Bonchev–Trinajstić information content (AvgIpc) is 2.90. The Morgan fingerprint density at radius 3 is 2.20 bits per heavy atom. The molecule has 1 aromatic carbocycles. The number of rotatable bonds is 4. The van der Waals surface area contributed by atoms with Gasteiger partial charge in [-0.1, -0.05) is 32.9 Å². The molecule has 2 aromatic rings. The van der Waals surface area contributed by atoms with Crippen LogP contribution in [0.15, 0.2) is 12.1 Å². The minimum atomic E-state index is -0.443. The van der Waals surface area contributed by atoms with Crippen LogP contribution in [-0.4, -0.2) is 30.0 Å². The highest BCUT2D eigenvalue weighted by Crippen LogP contribution is 2.34. The van der Waals surface area contributed by atoms with Gasteiger partial charge in [0.1, 0.15) is 5.69 Å². The monoisotopic (exact) mass is 344 g/mol. The standard InChI is InChI=1S/C20H28N2O3/c1-12-9-14(3)15(10-13(12)2)11-22-16(19(23)25-8)17(24-7)18(21-22)20(4,5)6/h9-10H,11H2,1-8H3. The van der Waals surface area contributed by atoms with Gasteiger partial charge in [-0.3, -0.25) is 4.68 Å². The number of carbonyl (C=O) groups excluding carboxylic acids is 1. The van der Waals surface area contributed by atoms with Gasteiger partial charge in [0.15, 0.2) is 11.4 Å². The first kappa shape index (κ1) is 19.0. The molecule has 0 unspecified atom stereocenters. The molecule has 0 fully saturated rings. The van der Waals surface area contributed by atoms with Crippen LogP contribution in [0.5, 0.6) is 5.75 Å². The lowest BCUT2D eigenvalue weighted by molar-refractivity contribution is 0.0583. The Kier molecular flexibility index (Phi) is 5.26. The van der Waals surface area contributed by atoms with Crippen LogP contribution in [-0.2, 0) is 16.7 Å². The van der Waals surface area contributed by atoms with Gasteiger partial charge < -0.3 is 9.47 Å². The fourth-order valence-corrected chi connectivity index (χ4v) is 2.89. The van der Waals surface area contributed by atoms with E-state index >= 15 is 0 Å². The fourth-order valence-electron chi connectivity index (χ4n) is 2.89. The van der Waals surface area contributed by atoms with Gasteiger partial charge in [0.25, 0.3) is 0 Å². The van der Waals surface area contributed by atoms with Crippen LogP contribution < -0.4 is 4.74 Å². The predicted molar refractivity (Wildman–Crippen MR) is 98.6 cm³/mol. The molecule has 136 valence electrons. The Labute approximate surface area is 149 Å². The van der Waals surface area contributed by atoms with Crippen LogP contribution >= 0.6 is 0 Å². The van der Waals surface area contributed by atoms with E-state index in [0.29, 0.717) is 18.0 Å². The summed E-state index contributed by atoms with van der Waals surface area (Å²) in [5.41, 5.74) is 5.62. The molecule has 25 heavy (non-hydrogen) atoms. The molecule has 5 heteroatoms. The maximum atomic E-state index is 12.4. The second kappa shape index (κ2) is 6.90. The smallest absolute Gasteiger partial charge is 0.360 e. The number of carbonyl (C=O) groups is 1. The summed E-state index contributed by atoms with van der Waals surface area (Å²) < 4.78 is 12.2. The fraction of sp³-hybridized carbons (Fsp3) is 0.500. The maximum absolute atomic E-state index is 12.4. The van der Waals surface area contributed by atoms with Gasteiger partial charge in [-0.15, -0.1) is 0 Å². The van der Waals surface area contributed by atoms with E-state index in [1.165, 1.54) is 23.8 Å². The van der Waals surface area contributed by atoms with E-state index in [0.717, 1.165) is 11.3 Å². The summed E-state index contributed by atoms with van der Waals surface area (Å²) in [4.78, 5) is 12.4. The Morgan fingerprint density at radius 2 is 1.68 bits per heavy atom. The third kappa shape index (κ3) is 3.70. The van der Waals surface area contributed by atoms with Crippen LogP contribution in [0, 0.1) is 20.8 Å². The van der Waals surface area contributed by atoms with E-state index in [4.69, 9.17) is 14.6 Å². The zero-order valence-corrected chi connectivity index (χ0v) is 16.5. The van der Waals surface area contributed by atoms with E-state index in [9.17, 15) is 4.79 Å². The molecule has 0 radical (unpaired) electrons. The molecule has 0 bridgehead atoms. The van der Waals surface area contributed by atoms with E-state index in [1.54, 1.807) is 11.8 Å². The second-order valence-electron chi connectivity index (χ2n) is 7.49. The lowest BCUT2D eigenvalue weighted by atomic mass is 9.91. The molecule has 0 N–H and O–H groups in total. The van der Waals surface area contributed by atoms with Gasteiger partial charge in [0.05, 0.1) is 20.8 Å². The number of hydrogen-bond donors (Lipinski definition) is 0. The van der Waals surface area contributed by atoms with Gasteiger partial charge in [0.2, 0.25) is 0 Å². The number of aryl methyl sites for hydroxylation is 3. The van der Waals surface area contributed by atoms with Crippen molar-refractivity contribution in [1.29, 1.82) is 0 Å². The molecule has 0 aliphatic rings. The van der Waals surface area contributed by atoms with Crippen molar-refractivity contribution in [2.24, 2.45) is 0 Å². The SMILES string of the molecule is COC(=O)c1c(OC)c(C(C)(C)C)nn1Cc1cc(C)c(C)cc1C. The number of benzene rings is 1. The van der Waals surface area contributed by atoms with Gasteiger partial charge in [-0.25, -0.2) is 4.79 Å². The van der Waals surface area contributed by atoms with Crippen LogP contribution in [0.1, 0.15) is 59.2 Å². The van der Waals surface area contributed by atoms with Gasteiger partial charge >= 0.3 is 5.97 Å². The molecule has 2 rings (SSSR count). The minimum Gasteiger partial charge on any atom is -0.492 e. The van der Waals surface area contributed by atoms with E-state index < -0.39 is 5.97 Å². The first-order valence-corrected chi connectivity index (χ1v) is 8.40. The van der Waals surface area contributed by atoms with E-state index in [-0.39, 0.29) is 5.41 Å². The summed E-state index contributed by atoms with van der Waals surface area (Å²) in [5, 5.41) is 4.70. The average molecular weight is 344 g/mol. The number of aromatic nitrogens is 2. The molecule has 0 amide bonds. The molecule has 1 aromatic heterocycles. The molecule has 1 heterocycles. The van der Waals surface area contributed by atoms with Crippen molar-refractivity contribution in [2.45, 2.75) is 53.5 Å². The van der Waals surface area contributed by atoms with Crippen LogP contribution in [0.4, 0.5) is 0 Å². The molecular weight excluding hydrogens is 316 g/mol. The largest absolute Gasteiger partial charge is 0.492 e. The van der Waals surface area contributed by atoms with Crippen molar-refractivity contribution in [3.63, 3.8) is 0 Å². The lowest BCUT2D eigenvalue weighted by Crippen LogP contribution is -2.15. The van der Waals surface area contributed by atoms with Crippen molar-refractivity contribution < 1.29 is 14.3 Å². The Bertz CT molecular complexity index is 798. The van der Waals surface area contributed by atoms with Gasteiger partial charge in [-0.05, 0) is 43.0 Å². The summed E-state index contributed by atoms with van der Waals surface area (Å²) in [6.45, 7) is 12.9. The van der Waals surface area contributed by atoms with Crippen molar-refractivity contribution in [1.82, 2.24) is 9.78 Å². The molecular formula is C20H28N2O3. The molecule has 0 aliphatic carbocycles. The number of nitrogens with zero attached hydrogens (tertiary/aromatic N) is 2. The molecule has 0 saturated heterocycles. The van der Waals surface area contributed by atoms with Crippen LogP contribution in [0.25, 0.3) is 0 Å². The zero-order valence-electron chi connectivity index (χ0n) is 16.5. The lowest BCUT2D eigenvalue weighted by Gasteiger charge is -2.16. The number of ether oxygens (including phenoxy) is 2. The van der Waals surface area contributed by atoms with Crippen molar-refractivity contribution in [3.8, 4) is 5.75 Å². The highest BCUT2D eigenvalue weighted by molar-refractivity contribution is 5.91. The summed E-state index contributed by atoms with van der Waals surface area (Å²) in [5.74, 6) is 0.0437. The molecule has 0 saturated carbocycles. The predicted octanol–water partition coefficient (Wildman–Crippen LogP) is 3.95. The third-order valence-corrected chi connectivity index (χ3v) is 4.47. The third-order valence-electron chi connectivity index (χ3n) is 4.47. The summed E-state index contributed by atoms with van der Waals surface area (Å²) in [7, 11) is 2.93. The molecule has 0 aliphatic heterocycles. The first-order chi connectivity index (χ1) is 11.6. The van der Waals surface area contributed by atoms with Crippen LogP contribution in [0.2, 0.25) is 0 Å². The highest BCUT2D eigenvalue weighted by Gasteiger charge is 2.31. The molecule has 0 spiro atoms. The van der Waals surface area contributed by atoms with Crippen LogP contribution in [0.3, 0.4) is 0 Å². The Balaban J connectivity index is 2.63. The Hall–Kier alpha value is -2.30. The minimum absolute atomic E-state index is 0.252. The van der Waals surface area contributed by atoms with Crippen molar-refractivity contribution >= 4 is 5.97 Å². The summed E-state index contributed by atoms with van der Waals surface area (Å²) in [6.07, 6.45) is 0. The number of methoxy groups -OCH3 is 2. The van der Waals surface area contributed by atoms with Crippen molar-refractivity contribution in [2.75, 3.05) is 14.2 Å². The Morgan fingerprint density at radius 1 is 1.08 bits per heavy atom. The normalized spacial score (nSPS) is 11.5. The highest BCUT2D eigenvalue weighted by atomic mass is 16.5. The maximum Gasteiger partial charge on any atom is 0.360 e. The number of hydrogen-bond acceptors (Lipinski definition) is 4. The van der Waals surface area contributed by atoms with Gasteiger partial charge in [0, 0.05) is 5.41 Å². The molecule has 0 atom stereocenters. The number of esters is 1. The van der Waals surface area contributed by atoms with Gasteiger partial charge in [-0.2, -0.15) is 5.10 Å². The summed E-state index contributed by atoms with van der Waals surface area (Å²) >= 11 is 0. The van der Waals surface area contributed by atoms with Crippen molar-refractivity contribution in [3.05, 3.63) is 45.8 Å².